The monoisotopic (exact) mass is 276 g/mol. The zero-order chi connectivity index (χ0) is 14.7. The van der Waals surface area contributed by atoms with E-state index in [1.807, 2.05) is 13.0 Å². The molecule has 0 heterocycles. The summed E-state index contributed by atoms with van der Waals surface area (Å²) in [5.41, 5.74) is 3.91. The van der Waals surface area contributed by atoms with Crippen LogP contribution in [0.4, 0.5) is 17.1 Å². The fraction of sp³-hybridized carbons (Fsp3) is 0.250. The molecule has 8 heteroatoms. The molecule has 1 aliphatic rings. The third-order valence-electron chi connectivity index (χ3n) is 2.99. The predicted molar refractivity (Wildman–Crippen MR) is 73.8 cm³/mol. The summed E-state index contributed by atoms with van der Waals surface area (Å²) < 4.78 is 0. The van der Waals surface area contributed by atoms with Gasteiger partial charge in [0.2, 0.25) is 0 Å². The molecule has 0 aliphatic heterocycles. The molecule has 1 N–H and O–H groups in total. The van der Waals surface area contributed by atoms with Gasteiger partial charge in [-0.15, -0.1) is 0 Å². The van der Waals surface area contributed by atoms with Crippen LogP contribution in [0, 0.1) is 20.2 Å². The Bertz CT molecular complexity index is 636. The fourth-order valence-electron chi connectivity index (χ4n) is 1.89. The second kappa shape index (κ2) is 5.47. The molecule has 0 bridgehead atoms. The number of nitrogens with zero attached hydrogens (tertiary/aromatic N) is 3. The molecule has 1 aromatic carbocycles. The lowest BCUT2D eigenvalue weighted by Crippen LogP contribution is -2.02. The minimum atomic E-state index is -0.674. The normalized spacial score (nSPS) is 16.1. The molecule has 8 nitrogen and oxygen atoms in total. The van der Waals surface area contributed by atoms with Gasteiger partial charge in [-0.25, -0.2) is 0 Å². The Balaban J connectivity index is 2.30. The molecule has 1 aliphatic carbocycles. The summed E-state index contributed by atoms with van der Waals surface area (Å²) in [6, 6.07) is 3.40. The highest BCUT2D eigenvalue weighted by Gasteiger charge is 2.19. The summed E-state index contributed by atoms with van der Waals surface area (Å²) in [5.74, 6) is 0. The highest BCUT2D eigenvalue weighted by atomic mass is 16.6. The topological polar surface area (TPSA) is 111 Å². The van der Waals surface area contributed by atoms with Crippen molar-refractivity contribution in [2.45, 2.75) is 19.8 Å². The number of benzene rings is 1. The molecule has 0 saturated carbocycles. The van der Waals surface area contributed by atoms with E-state index in [2.05, 4.69) is 10.5 Å². The molecule has 0 radical (unpaired) electrons. The number of nitrogens with one attached hydrogen (secondary N) is 1. The Kier molecular flexibility index (Phi) is 3.74. The van der Waals surface area contributed by atoms with Crippen molar-refractivity contribution in [3.8, 4) is 0 Å². The van der Waals surface area contributed by atoms with Crippen molar-refractivity contribution in [2.75, 3.05) is 5.43 Å². The number of nitro groups is 2. The second-order valence-corrected chi connectivity index (χ2v) is 4.31. The number of hydrogen-bond donors (Lipinski definition) is 1. The van der Waals surface area contributed by atoms with Crippen molar-refractivity contribution in [3.05, 3.63) is 50.1 Å². The van der Waals surface area contributed by atoms with Crippen molar-refractivity contribution in [1.82, 2.24) is 0 Å². The first-order chi connectivity index (χ1) is 9.49. The van der Waals surface area contributed by atoms with Gasteiger partial charge in [0, 0.05) is 6.07 Å². The molecule has 20 heavy (non-hydrogen) atoms. The van der Waals surface area contributed by atoms with Crippen LogP contribution >= 0.6 is 0 Å². The summed E-state index contributed by atoms with van der Waals surface area (Å²) >= 11 is 0. The standard InChI is InChI=1S/C12H12N4O4/c1-8-3-2-4-10(8)13-14-11-6-5-9(15(17)18)7-12(11)16(19)20/h3,5-7,14H,2,4H2,1H3/b13-10-. The number of anilines is 1. The van der Waals surface area contributed by atoms with Crippen LogP contribution in [0.15, 0.2) is 34.9 Å². The number of hydrogen-bond acceptors (Lipinski definition) is 6. The summed E-state index contributed by atoms with van der Waals surface area (Å²) in [6.45, 7) is 1.91. The lowest BCUT2D eigenvalue weighted by molar-refractivity contribution is -0.393. The highest BCUT2D eigenvalue weighted by Crippen LogP contribution is 2.29. The van der Waals surface area contributed by atoms with E-state index in [9.17, 15) is 20.2 Å². The van der Waals surface area contributed by atoms with Crippen LogP contribution in [0.25, 0.3) is 0 Å². The van der Waals surface area contributed by atoms with Gasteiger partial charge in [-0.3, -0.25) is 25.7 Å². The summed E-state index contributed by atoms with van der Waals surface area (Å²) in [4.78, 5) is 20.2. The van der Waals surface area contributed by atoms with E-state index < -0.39 is 9.85 Å². The van der Waals surface area contributed by atoms with Crippen molar-refractivity contribution in [3.63, 3.8) is 0 Å². The SMILES string of the molecule is CC1=CCC/C1=N/Nc1ccc([N+](=O)[O-])cc1[N+](=O)[O-]. The fourth-order valence-corrected chi connectivity index (χ4v) is 1.89. The van der Waals surface area contributed by atoms with Gasteiger partial charge in [-0.05, 0) is 31.4 Å². The van der Waals surface area contributed by atoms with E-state index >= 15 is 0 Å². The first-order valence-electron chi connectivity index (χ1n) is 5.91. The molecule has 1 aromatic rings. The van der Waals surface area contributed by atoms with Crippen LogP contribution in [0.1, 0.15) is 19.8 Å². The summed E-state index contributed by atoms with van der Waals surface area (Å²) in [5, 5.41) is 25.7. The second-order valence-electron chi connectivity index (χ2n) is 4.31. The average Bonchev–Trinajstić information content (AvgIpc) is 2.81. The third-order valence-corrected chi connectivity index (χ3v) is 2.99. The van der Waals surface area contributed by atoms with E-state index in [4.69, 9.17) is 0 Å². The molecular weight excluding hydrogens is 264 g/mol. The first-order valence-corrected chi connectivity index (χ1v) is 5.91. The van der Waals surface area contributed by atoms with Crippen LogP contribution in [-0.4, -0.2) is 15.6 Å². The van der Waals surface area contributed by atoms with Gasteiger partial charge in [0.25, 0.3) is 5.69 Å². The Morgan fingerprint density at radius 2 is 2.00 bits per heavy atom. The van der Waals surface area contributed by atoms with Crippen LogP contribution in [0.3, 0.4) is 0 Å². The molecule has 0 unspecified atom stereocenters. The van der Waals surface area contributed by atoms with Crippen molar-refractivity contribution < 1.29 is 9.85 Å². The average molecular weight is 276 g/mol. The molecule has 0 aromatic heterocycles. The van der Waals surface area contributed by atoms with Crippen LogP contribution < -0.4 is 5.43 Å². The maximum absolute atomic E-state index is 10.9. The number of rotatable bonds is 4. The van der Waals surface area contributed by atoms with Gasteiger partial charge in [-0.1, -0.05) is 6.08 Å². The summed E-state index contributed by atoms with van der Waals surface area (Å²) in [6.07, 6.45) is 3.71. The van der Waals surface area contributed by atoms with Crippen molar-refractivity contribution in [1.29, 1.82) is 0 Å². The van der Waals surface area contributed by atoms with Crippen LogP contribution in [0.5, 0.6) is 0 Å². The lowest BCUT2D eigenvalue weighted by Gasteiger charge is -2.04. The Hall–Kier alpha value is -2.77. The van der Waals surface area contributed by atoms with Crippen LogP contribution in [0.2, 0.25) is 0 Å². The molecule has 104 valence electrons. The Morgan fingerprint density at radius 1 is 1.25 bits per heavy atom. The molecule has 2 rings (SSSR count). The zero-order valence-corrected chi connectivity index (χ0v) is 10.7. The zero-order valence-electron chi connectivity index (χ0n) is 10.7. The van der Waals surface area contributed by atoms with Gasteiger partial charge < -0.3 is 0 Å². The summed E-state index contributed by atoms with van der Waals surface area (Å²) in [7, 11) is 0. The molecule has 0 spiro atoms. The van der Waals surface area contributed by atoms with E-state index in [1.54, 1.807) is 0 Å². The van der Waals surface area contributed by atoms with Gasteiger partial charge in [0.05, 0.1) is 21.6 Å². The number of nitro benzene ring substituents is 2. The van der Waals surface area contributed by atoms with Gasteiger partial charge >= 0.3 is 5.69 Å². The van der Waals surface area contributed by atoms with Gasteiger partial charge in [-0.2, -0.15) is 5.10 Å². The van der Waals surface area contributed by atoms with Gasteiger partial charge in [0.15, 0.2) is 0 Å². The smallest absolute Gasteiger partial charge is 0.271 e. The molecule has 0 amide bonds. The lowest BCUT2D eigenvalue weighted by atomic mass is 10.2. The largest absolute Gasteiger partial charge is 0.301 e. The van der Waals surface area contributed by atoms with E-state index in [0.717, 1.165) is 30.2 Å². The van der Waals surface area contributed by atoms with Crippen LogP contribution in [-0.2, 0) is 0 Å². The molecular formula is C12H12N4O4. The van der Waals surface area contributed by atoms with E-state index in [1.165, 1.54) is 12.1 Å². The Morgan fingerprint density at radius 3 is 2.55 bits per heavy atom. The van der Waals surface area contributed by atoms with E-state index in [-0.39, 0.29) is 17.1 Å². The van der Waals surface area contributed by atoms with E-state index in [0.29, 0.717) is 0 Å². The number of allylic oxidation sites excluding steroid dienone is 2. The van der Waals surface area contributed by atoms with Gasteiger partial charge in [0.1, 0.15) is 5.69 Å². The predicted octanol–water partition coefficient (Wildman–Crippen LogP) is 3.01. The Labute approximate surface area is 114 Å². The van der Waals surface area contributed by atoms with Crippen molar-refractivity contribution in [2.24, 2.45) is 5.10 Å². The highest BCUT2D eigenvalue weighted by molar-refractivity contribution is 6.02. The maximum Gasteiger partial charge on any atom is 0.301 e. The van der Waals surface area contributed by atoms with Crippen molar-refractivity contribution >= 4 is 22.8 Å². The number of hydrazone groups is 1. The minimum Gasteiger partial charge on any atom is -0.271 e. The molecule has 0 saturated heterocycles. The molecule has 0 fully saturated rings. The third kappa shape index (κ3) is 2.79. The first kappa shape index (κ1) is 13.7. The maximum atomic E-state index is 10.9. The minimum absolute atomic E-state index is 0.132. The molecule has 0 atom stereocenters. The quantitative estimate of drug-likeness (QED) is 0.671. The number of non-ortho nitro benzene ring substituents is 1.